The summed E-state index contributed by atoms with van der Waals surface area (Å²) >= 11 is 6.85. The zero-order chi connectivity index (χ0) is 13.0. The normalized spacial score (nSPS) is 9.35. The van der Waals surface area contributed by atoms with Gasteiger partial charge in [0, 0.05) is 14.6 Å². The van der Waals surface area contributed by atoms with Gasteiger partial charge in [-0.2, -0.15) is 5.26 Å². The van der Waals surface area contributed by atoms with Crippen LogP contribution in [0.2, 0.25) is 0 Å². The maximum atomic E-state index is 9.04. The fourth-order valence-electron chi connectivity index (χ4n) is 1.30. The van der Waals surface area contributed by atoms with Crippen molar-refractivity contribution in [3.63, 3.8) is 0 Å². The predicted molar refractivity (Wildman–Crippen MR) is 78.6 cm³/mol. The number of nitrogens with zero attached hydrogens (tertiary/aromatic N) is 1. The molecular weight excluding hydrogens is 344 g/mol. The molecule has 0 bridgehead atoms. The second kappa shape index (κ2) is 6.04. The first-order valence-corrected chi connectivity index (χ1v) is 6.53. The molecule has 0 radical (unpaired) electrons. The van der Waals surface area contributed by atoms with Gasteiger partial charge in [-0.15, -0.1) is 0 Å². The lowest BCUT2D eigenvalue weighted by atomic mass is 10.1. The molecule has 0 heterocycles. The molecule has 1 N–H and O–H groups in total. The Labute approximate surface area is 118 Å². The molecular formula is C13H12Br2N2. The molecule has 4 heteroatoms. The first kappa shape index (κ1) is 14.0. The van der Waals surface area contributed by atoms with Crippen LogP contribution in [-0.4, -0.2) is 0 Å². The molecule has 1 aromatic carbocycles. The quantitative estimate of drug-likeness (QED) is 0.611. The van der Waals surface area contributed by atoms with E-state index in [4.69, 9.17) is 5.26 Å². The van der Waals surface area contributed by atoms with Gasteiger partial charge in [0.1, 0.15) is 6.07 Å². The molecule has 0 aliphatic carbocycles. The van der Waals surface area contributed by atoms with Gasteiger partial charge in [-0.25, -0.2) is 0 Å². The summed E-state index contributed by atoms with van der Waals surface area (Å²) in [7, 11) is 0. The topological polar surface area (TPSA) is 35.8 Å². The van der Waals surface area contributed by atoms with Gasteiger partial charge in [0.15, 0.2) is 0 Å². The number of benzene rings is 1. The summed E-state index contributed by atoms with van der Waals surface area (Å²) in [6, 6.07) is 7.93. The minimum absolute atomic E-state index is 0.580. The van der Waals surface area contributed by atoms with E-state index in [2.05, 4.69) is 49.8 Å². The van der Waals surface area contributed by atoms with Gasteiger partial charge in [-0.3, -0.25) is 0 Å². The zero-order valence-electron chi connectivity index (χ0n) is 9.64. The molecule has 2 nitrogen and oxygen atoms in total. The van der Waals surface area contributed by atoms with Crippen molar-refractivity contribution in [1.82, 2.24) is 0 Å². The van der Waals surface area contributed by atoms with Crippen LogP contribution in [0, 0.1) is 11.3 Å². The highest BCUT2D eigenvalue weighted by molar-refractivity contribution is 9.11. The van der Waals surface area contributed by atoms with E-state index >= 15 is 0 Å². The first-order valence-electron chi connectivity index (χ1n) is 4.94. The van der Waals surface area contributed by atoms with E-state index in [-0.39, 0.29) is 0 Å². The molecule has 1 rings (SSSR count). The number of anilines is 1. The Kier molecular flexibility index (Phi) is 4.98. The van der Waals surface area contributed by atoms with Crippen LogP contribution in [0.4, 0.5) is 5.69 Å². The van der Waals surface area contributed by atoms with E-state index in [0.29, 0.717) is 11.3 Å². The molecule has 0 aromatic heterocycles. The fourth-order valence-corrected chi connectivity index (χ4v) is 2.01. The summed E-state index contributed by atoms with van der Waals surface area (Å²) in [5.74, 6) is 0. The third-order valence-corrected chi connectivity index (χ3v) is 3.31. The van der Waals surface area contributed by atoms with Crippen LogP contribution in [-0.2, 0) is 0 Å². The molecule has 0 fully saturated rings. The first-order chi connectivity index (χ1) is 7.95. The van der Waals surface area contributed by atoms with Gasteiger partial charge < -0.3 is 5.32 Å². The number of hydrogen-bond donors (Lipinski definition) is 1. The highest BCUT2D eigenvalue weighted by Crippen LogP contribution is 2.28. The van der Waals surface area contributed by atoms with Gasteiger partial charge in [0.05, 0.1) is 11.3 Å². The van der Waals surface area contributed by atoms with Crippen LogP contribution >= 0.6 is 31.9 Å². The molecule has 17 heavy (non-hydrogen) atoms. The Balaban J connectivity index is 3.01. The monoisotopic (exact) mass is 354 g/mol. The third kappa shape index (κ3) is 3.72. The zero-order valence-corrected chi connectivity index (χ0v) is 12.8. The maximum absolute atomic E-state index is 9.04. The molecule has 0 saturated heterocycles. The Morgan fingerprint density at radius 1 is 1.35 bits per heavy atom. The standard InChI is InChI=1S/C13H12Br2N2/c1-8(2)11(7-16)9(3)17-13-6-10(14)4-5-12(13)15/h4-6,17H,3H2,1-2H3. The summed E-state index contributed by atoms with van der Waals surface area (Å²) in [4.78, 5) is 0. The van der Waals surface area contributed by atoms with Crippen molar-refractivity contribution in [3.8, 4) is 6.07 Å². The molecule has 88 valence electrons. The Morgan fingerprint density at radius 2 is 2.00 bits per heavy atom. The van der Waals surface area contributed by atoms with Crippen molar-refractivity contribution in [2.45, 2.75) is 13.8 Å². The second-order valence-corrected chi connectivity index (χ2v) is 5.48. The maximum Gasteiger partial charge on any atom is 0.101 e. The molecule has 0 atom stereocenters. The third-order valence-electron chi connectivity index (χ3n) is 2.13. The summed E-state index contributed by atoms with van der Waals surface area (Å²) in [6.07, 6.45) is 0. The van der Waals surface area contributed by atoms with Gasteiger partial charge >= 0.3 is 0 Å². The lowest BCUT2D eigenvalue weighted by Crippen LogP contribution is -2.02. The Hall–Kier alpha value is -1.05. The summed E-state index contributed by atoms with van der Waals surface area (Å²) in [6.45, 7) is 7.67. The number of rotatable bonds is 3. The van der Waals surface area contributed by atoms with E-state index in [9.17, 15) is 0 Å². The fraction of sp³-hybridized carbons (Fsp3) is 0.154. The Morgan fingerprint density at radius 3 is 2.53 bits per heavy atom. The molecule has 0 spiro atoms. The largest absolute Gasteiger partial charge is 0.354 e. The van der Waals surface area contributed by atoms with E-state index in [0.717, 1.165) is 20.2 Å². The van der Waals surface area contributed by atoms with Crippen molar-refractivity contribution >= 4 is 37.5 Å². The number of nitrogens with one attached hydrogen (secondary N) is 1. The molecule has 0 amide bonds. The van der Waals surface area contributed by atoms with Crippen molar-refractivity contribution in [2.75, 3.05) is 5.32 Å². The van der Waals surface area contributed by atoms with E-state index < -0.39 is 0 Å². The lowest BCUT2D eigenvalue weighted by Gasteiger charge is -2.12. The minimum Gasteiger partial charge on any atom is -0.354 e. The number of hydrogen-bond acceptors (Lipinski definition) is 2. The average molecular weight is 356 g/mol. The molecule has 0 unspecified atom stereocenters. The Bertz CT molecular complexity index is 521. The number of halogens is 2. The van der Waals surface area contributed by atoms with Crippen molar-refractivity contribution in [3.05, 3.63) is 50.6 Å². The lowest BCUT2D eigenvalue weighted by molar-refractivity contribution is 1.28. The smallest absolute Gasteiger partial charge is 0.101 e. The van der Waals surface area contributed by atoms with Crippen LogP contribution in [0.5, 0.6) is 0 Å². The van der Waals surface area contributed by atoms with Crippen LogP contribution < -0.4 is 5.32 Å². The van der Waals surface area contributed by atoms with Crippen molar-refractivity contribution < 1.29 is 0 Å². The summed E-state index contributed by atoms with van der Waals surface area (Å²) < 4.78 is 1.89. The van der Waals surface area contributed by atoms with E-state index in [1.165, 1.54) is 0 Å². The van der Waals surface area contributed by atoms with Crippen LogP contribution in [0.15, 0.2) is 50.6 Å². The number of allylic oxidation sites excluding steroid dienone is 2. The molecule has 1 aromatic rings. The van der Waals surface area contributed by atoms with Gasteiger partial charge in [0.25, 0.3) is 0 Å². The van der Waals surface area contributed by atoms with Crippen LogP contribution in [0.3, 0.4) is 0 Å². The van der Waals surface area contributed by atoms with Gasteiger partial charge in [-0.1, -0.05) is 28.1 Å². The van der Waals surface area contributed by atoms with Crippen LogP contribution in [0.25, 0.3) is 0 Å². The summed E-state index contributed by atoms with van der Waals surface area (Å²) in [5, 5.41) is 12.2. The summed E-state index contributed by atoms with van der Waals surface area (Å²) in [5.41, 5.74) is 3.00. The van der Waals surface area contributed by atoms with E-state index in [1.807, 2.05) is 32.0 Å². The van der Waals surface area contributed by atoms with Crippen LogP contribution in [0.1, 0.15) is 13.8 Å². The minimum atomic E-state index is 0.580. The predicted octanol–water partition coefficient (Wildman–Crippen LogP) is 5.00. The molecule has 0 aliphatic rings. The van der Waals surface area contributed by atoms with Crippen molar-refractivity contribution in [2.24, 2.45) is 0 Å². The average Bonchev–Trinajstić information content (AvgIpc) is 2.24. The van der Waals surface area contributed by atoms with Gasteiger partial charge in [-0.05, 0) is 48.0 Å². The highest BCUT2D eigenvalue weighted by atomic mass is 79.9. The van der Waals surface area contributed by atoms with Gasteiger partial charge in [0.2, 0.25) is 0 Å². The SMILES string of the molecule is C=C(Nc1cc(Br)ccc1Br)C(C#N)=C(C)C. The second-order valence-electron chi connectivity index (χ2n) is 3.71. The molecule has 0 saturated carbocycles. The molecule has 0 aliphatic heterocycles. The van der Waals surface area contributed by atoms with Crippen molar-refractivity contribution in [1.29, 1.82) is 5.26 Å². The highest BCUT2D eigenvalue weighted by Gasteiger charge is 2.07. The number of nitriles is 1. The van der Waals surface area contributed by atoms with E-state index in [1.54, 1.807) is 0 Å².